The molecule has 1 amide bonds. The third-order valence-corrected chi connectivity index (χ3v) is 5.01. The Hall–Kier alpha value is -1.67. The fraction of sp³-hybridized carbons (Fsp3) is 0.0714. The summed E-state index contributed by atoms with van der Waals surface area (Å²) in [7, 11) is 1.46. The highest BCUT2D eigenvalue weighted by atomic mass is 35.5. The summed E-state index contributed by atoms with van der Waals surface area (Å²) in [4.78, 5) is 12.3. The maximum absolute atomic E-state index is 12.3. The molecule has 23 heavy (non-hydrogen) atoms. The fourth-order valence-electron chi connectivity index (χ4n) is 1.83. The van der Waals surface area contributed by atoms with Crippen molar-refractivity contribution in [1.29, 1.82) is 0 Å². The Morgan fingerprint density at radius 3 is 2.61 bits per heavy atom. The molecule has 5 nitrogen and oxygen atoms in total. The molecule has 2 heterocycles. The number of rotatable bonds is 4. The Morgan fingerprint density at radius 1 is 1.26 bits per heavy atom. The Morgan fingerprint density at radius 2 is 2.00 bits per heavy atom. The van der Waals surface area contributed by atoms with Gasteiger partial charge in [-0.15, -0.1) is 10.2 Å². The molecule has 0 aliphatic heterocycles. The number of benzene rings is 1. The van der Waals surface area contributed by atoms with E-state index < -0.39 is 0 Å². The first-order chi connectivity index (χ1) is 11.1. The molecule has 118 valence electrons. The predicted octanol–water partition coefficient (Wildman–Crippen LogP) is 4.83. The van der Waals surface area contributed by atoms with Crippen molar-refractivity contribution >= 4 is 56.9 Å². The second-order valence-electron chi connectivity index (χ2n) is 4.35. The average molecular weight is 386 g/mol. The molecule has 0 aliphatic carbocycles. The Kier molecular flexibility index (Phi) is 4.82. The number of carbonyl (C=O) groups excluding carboxylic acids is 1. The third-order valence-electron chi connectivity index (χ3n) is 2.88. The van der Waals surface area contributed by atoms with Crippen molar-refractivity contribution in [3.8, 4) is 16.3 Å². The number of halogens is 2. The number of carbonyl (C=O) groups is 1. The summed E-state index contributed by atoms with van der Waals surface area (Å²) in [5, 5.41) is 16.3. The minimum absolute atomic E-state index is 0.265. The molecule has 3 aromatic rings. The van der Waals surface area contributed by atoms with Gasteiger partial charge in [0.25, 0.3) is 5.91 Å². The first-order valence-electron chi connectivity index (χ1n) is 6.29. The van der Waals surface area contributed by atoms with Gasteiger partial charge in [0, 0.05) is 16.5 Å². The molecule has 0 unspecified atom stereocenters. The summed E-state index contributed by atoms with van der Waals surface area (Å²) < 4.78 is 5.06. The molecule has 0 saturated carbocycles. The van der Waals surface area contributed by atoms with Gasteiger partial charge in [-0.1, -0.05) is 34.5 Å². The summed E-state index contributed by atoms with van der Waals surface area (Å²) >= 11 is 14.9. The number of thiophene rings is 1. The number of nitrogens with zero attached hydrogens (tertiary/aromatic N) is 2. The number of ether oxygens (including phenoxy) is 1. The fourth-order valence-corrected chi connectivity index (χ4v) is 3.92. The van der Waals surface area contributed by atoms with Crippen molar-refractivity contribution in [3.05, 3.63) is 44.6 Å². The van der Waals surface area contributed by atoms with Crippen LogP contribution in [-0.2, 0) is 0 Å². The summed E-state index contributed by atoms with van der Waals surface area (Å²) in [6.07, 6.45) is 0. The van der Waals surface area contributed by atoms with Gasteiger partial charge in [-0.25, -0.2) is 0 Å². The van der Waals surface area contributed by atoms with Gasteiger partial charge in [0.15, 0.2) is 5.75 Å². The SMILES string of the molecule is COc1c(Cl)cc(C(=O)Nc2nnc(-c3ccsc3)s2)cc1Cl. The third kappa shape index (κ3) is 3.48. The quantitative estimate of drug-likeness (QED) is 0.697. The van der Waals surface area contributed by atoms with Gasteiger partial charge in [0.05, 0.1) is 17.2 Å². The summed E-state index contributed by atoms with van der Waals surface area (Å²) in [5.74, 6) is -0.0370. The second-order valence-corrected chi connectivity index (χ2v) is 6.92. The van der Waals surface area contributed by atoms with Crippen molar-refractivity contribution in [2.75, 3.05) is 12.4 Å². The smallest absolute Gasteiger partial charge is 0.257 e. The molecule has 0 fully saturated rings. The zero-order chi connectivity index (χ0) is 16.4. The van der Waals surface area contributed by atoms with Crippen molar-refractivity contribution in [3.63, 3.8) is 0 Å². The van der Waals surface area contributed by atoms with Crippen LogP contribution in [0.2, 0.25) is 10.0 Å². The van der Waals surface area contributed by atoms with Gasteiger partial charge >= 0.3 is 0 Å². The number of hydrogen-bond acceptors (Lipinski definition) is 6. The number of amides is 1. The molecular weight excluding hydrogens is 377 g/mol. The van der Waals surface area contributed by atoms with Crippen LogP contribution in [0.5, 0.6) is 5.75 Å². The molecule has 2 aromatic heterocycles. The largest absolute Gasteiger partial charge is 0.494 e. The summed E-state index contributed by atoms with van der Waals surface area (Å²) in [5.41, 5.74) is 1.29. The lowest BCUT2D eigenvalue weighted by atomic mass is 10.2. The predicted molar refractivity (Wildman–Crippen MR) is 94.2 cm³/mol. The van der Waals surface area contributed by atoms with E-state index in [2.05, 4.69) is 15.5 Å². The highest BCUT2D eigenvalue weighted by Crippen LogP contribution is 2.34. The van der Waals surface area contributed by atoms with Gasteiger partial charge in [0.2, 0.25) is 5.13 Å². The van der Waals surface area contributed by atoms with Crippen LogP contribution >= 0.6 is 45.9 Å². The normalized spacial score (nSPS) is 10.6. The maximum Gasteiger partial charge on any atom is 0.257 e. The lowest BCUT2D eigenvalue weighted by Crippen LogP contribution is -2.12. The van der Waals surface area contributed by atoms with Crippen LogP contribution in [0.15, 0.2) is 29.0 Å². The van der Waals surface area contributed by atoms with Gasteiger partial charge in [-0.05, 0) is 23.6 Å². The topological polar surface area (TPSA) is 64.1 Å². The van der Waals surface area contributed by atoms with E-state index in [0.29, 0.717) is 16.4 Å². The number of anilines is 1. The van der Waals surface area contributed by atoms with Crippen LogP contribution in [0.3, 0.4) is 0 Å². The number of hydrogen-bond donors (Lipinski definition) is 1. The number of nitrogens with one attached hydrogen (secondary N) is 1. The highest BCUT2D eigenvalue weighted by Gasteiger charge is 2.15. The lowest BCUT2D eigenvalue weighted by Gasteiger charge is -2.08. The Bertz CT molecular complexity index is 827. The van der Waals surface area contributed by atoms with E-state index in [-0.39, 0.29) is 16.0 Å². The van der Waals surface area contributed by atoms with E-state index in [9.17, 15) is 4.79 Å². The minimum atomic E-state index is -0.371. The van der Waals surface area contributed by atoms with Crippen molar-refractivity contribution in [2.24, 2.45) is 0 Å². The minimum Gasteiger partial charge on any atom is -0.494 e. The molecule has 0 aliphatic rings. The second kappa shape index (κ2) is 6.84. The highest BCUT2D eigenvalue weighted by molar-refractivity contribution is 7.19. The number of aromatic nitrogens is 2. The van der Waals surface area contributed by atoms with Crippen molar-refractivity contribution in [1.82, 2.24) is 10.2 Å². The monoisotopic (exact) mass is 385 g/mol. The molecular formula is C14H9Cl2N3O2S2. The zero-order valence-electron chi connectivity index (χ0n) is 11.7. The molecule has 3 rings (SSSR count). The molecule has 0 spiro atoms. The van der Waals surface area contributed by atoms with Crippen LogP contribution < -0.4 is 10.1 Å². The Labute approximate surface area is 149 Å². The summed E-state index contributed by atoms with van der Waals surface area (Å²) in [6, 6.07) is 4.92. The summed E-state index contributed by atoms with van der Waals surface area (Å²) in [6.45, 7) is 0. The van der Waals surface area contributed by atoms with Crippen LogP contribution in [0.1, 0.15) is 10.4 Å². The van der Waals surface area contributed by atoms with Crippen LogP contribution in [0.25, 0.3) is 10.6 Å². The van der Waals surface area contributed by atoms with Crippen LogP contribution in [-0.4, -0.2) is 23.2 Å². The van der Waals surface area contributed by atoms with Crippen molar-refractivity contribution in [2.45, 2.75) is 0 Å². The number of methoxy groups -OCH3 is 1. The molecule has 0 atom stereocenters. The standard InChI is InChI=1S/C14H9Cl2N3O2S2/c1-21-11-9(15)4-8(5-10(11)16)12(20)17-14-19-18-13(23-14)7-2-3-22-6-7/h2-6H,1H3,(H,17,19,20). The molecule has 0 saturated heterocycles. The lowest BCUT2D eigenvalue weighted by molar-refractivity contribution is 0.102. The van der Waals surface area contributed by atoms with E-state index in [4.69, 9.17) is 27.9 Å². The molecule has 1 N–H and O–H groups in total. The van der Waals surface area contributed by atoms with E-state index in [1.165, 1.54) is 30.6 Å². The first kappa shape index (κ1) is 16.2. The van der Waals surface area contributed by atoms with Crippen LogP contribution in [0.4, 0.5) is 5.13 Å². The molecule has 1 aromatic carbocycles. The van der Waals surface area contributed by atoms with E-state index in [1.807, 2.05) is 16.8 Å². The van der Waals surface area contributed by atoms with E-state index in [0.717, 1.165) is 10.6 Å². The van der Waals surface area contributed by atoms with Crippen LogP contribution in [0, 0.1) is 0 Å². The van der Waals surface area contributed by atoms with Gasteiger partial charge in [0.1, 0.15) is 5.01 Å². The molecule has 9 heteroatoms. The van der Waals surface area contributed by atoms with E-state index >= 15 is 0 Å². The first-order valence-corrected chi connectivity index (χ1v) is 8.80. The van der Waals surface area contributed by atoms with Gasteiger partial charge in [-0.3, -0.25) is 10.1 Å². The zero-order valence-corrected chi connectivity index (χ0v) is 14.8. The average Bonchev–Trinajstić information content (AvgIpc) is 3.17. The molecule has 0 radical (unpaired) electrons. The maximum atomic E-state index is 12.3. The Balaban J connectivity index is 1.80. The van der Waals surface area contributed by atoms with Crippen molar-refractivity contribution < 1.29 is 9.53 Å². The molecule has 0 bridgehead atoms. The van der Waals surface area contributed by atoms with Gasteiger partial charge in [-0.2, -0.15) is 11.3 Å². The van der Waals surface area contributed by atoms with Gasteiger partial charge < -0.3 is 4.74 Å². The van der Waals surface area contributed by atoms with E-state index in [1.54, 1.807) is 11.3 Å².